The Morgan fingerprint density at radius 2 is 1.79 bits per heavy atom. The standard InChI is InChI=1S/C16H33NO2/c1-5-7-11-15(6-2)12-17-14(4)10-8-9-13(3)16(18)19/h13-15,17H,5-12H2,1-4H3,(H,18,19). The highest BCUT2D eigenvalue weighted by molar-refractivity contribution is 5.69. The number of hydrogen-bond donors (Lipinski definition) is 2. The third-order valence-electron chi connectivity index (χ3n) is 3.99. The van der Waals surface area contributed by atoms with Crippen LogP contribution in [0.25, 0.3) is 0 Å². The van der Waals surface area contributed by atoms with Gasteiger partial charge in [-0.25, -0.2) is 0 Å². The van der Waals surface area contributed by atoms with Crippen LogP contribution in [0.4, 0.5) is 0 Å². The van der Waals surface area contributed by atoms with Crippen molar-refractivity contribution in [2.24, 2.45) is 11.8 Å². The Kier molecular flexibility index (Phi) is 10.9. The summed E-state index contributed by atoms with van der Waals surface area (Å²) in [5.41, 5.74) is 0. The second-order valence-corrected chi connectivity index (χ2v) is 5.90. The van der Waals surface area contributed by atoms with E-state index in [0.717, 1.165) is 31.7 Å². The molecule has 19 heavy (non-hydrogen) atoms. The van der Waals surface area contributed by atoms with E-state index in [1.54, 1.807) is 6.92 Å². The Hall–Kier alpha value is -0.570. The molecule has 0 aliphatic rings. The molecule has 0 heterocycles. The molecule has 0 aliphatic carbocycles. The second kappa shape index (κ2) is 11.3. The number of nitrogens with one attached hydrogen (secondary N) is 1. The minimum atomic E-state index is -0.675. The molecule has 114 valence electrons. The Labute approximate surface area is 119 Å². The van der Waals surface area contributed by atoms with Gasteiger partial charge in [0.25, 0.3) is 0 Å². The second-order valence-electron chi connectivity index (χ2n) is 5.90. The minimum absolute atomic E-state index is 0.208. The lowest BCUT2D eigenvalue weighted by Gasteiger charge is -2.20. The molecule has 0 aliphatic heterocycles. The maximum Gasteiger partial charge on any atom is 0.306 e. The molecular weight excluding hydrogens is 238 g/mol. The zero-order valence-electron chi connectivity index (χ0n) is 13.2. The SMILES string of the molecule is CCCCC(CC)CNC(C)CCCC(C)C(=O)O. The van der Waals surface area contributed by atoms with Crippen LogP contribution in [0.3, 0.4) is 0 Å². The number of carbonyl (C=O) groups is 1. The third kappa shape index (κ3) is 9.94. The van der Waals surface area contributed by atoms with Gasteiger partial charge in [-0.3, -0.25) is 4.79 Å². The van der Waals surface area contributed by atoms with Crippen molar-refractivity contribution in [1.29, 1.82) is 0 Å². The summed E-state index contributed by atoms with van der Waals surface area (Å²) in [7, 11) is 0. The molecule has 0 aromatic rings. The number of unbranched alkanes of at least 4 members (excludes halogenated alkanes) is 1. The molecule has 0 saturated heterocycles. The molecule has 3 heteroatoms. The molecular formula is C16H33NO2. The number of carboxylic acid groups (broad SMARTS) is 1. The van der Waals surface area contributed by atoms with Crippen LogP contribution in [-0.2, 0) is 4.79 Å². The normalized spacial score (nSPS) is 16.0. The van der Waals surface area contributed by atoms with Gasteiger partial charge in [0.1, 0.15) is 0 Å². The van der Waals surface area contributed by atoms with Crippen molar-refractivity contribution in [2.75, 3.05) is 6.54 Å². The summed E-state index contributed by atoms with van der Waals surface area (Å²) in [6.07, 6.45) is 8.02. The summed E-state index contributed by atoms with van der Waals surface area (Å²) in [6, 6.07) is 0.497. The van der Waals surface area contributed by atoms with E-state index in [1.807, 2.05) is 0 Å². The molecule has 0 spiro atoms. The predicted octanol–water partition coefficient (Wildman–Crippen LogP) is 4.07. The van der Waals surface area contributed by atoms with Crippen molar-refractivity contribution < 1.29 is 9.90 Å². The van der Waals surface area contributed by atoms with Crippen molar-refractivity contribution in [3.8, 4) is 0 Å². The van der Waals surface area contributed by atoms with E-state index < -0.39 is 5.97 Å². The number of rotatable bonds is 12. The topological polar surface area (TPSA) is 49.3 Å². The van der Waals surface area contributed by atoms with Gasteiger partial charge in [-0.1, -0.05) is 46.5 Å². The maximum atomic E-state index is 10.7. The average molecular weight is 271 g/mol. The summed E-state index contributed by atoms with van der Waals surface area (Å²) in [5.74, 6) is -0.0910. The number of hydrogen-bond acceptors (Lipinski definition) is 2. The molecule has 3 nitrogen and oxygen atoms in total. The first-order valence-electron chi connectivity index (χ1n) is 7.97. The van der Waals surface area contributed by atoms with Crippen LogP contribution in [0.15, 0.2) is 0 Å². The number of aliphatic carboxylic acids is 1. The third-order valence-corrected chi connectivity index (χ3v) is 3.99. The summed E-state index contributed by atoms with van der Waals surface area (Å²) >= 11 is 0. The fourth-order valence-electron chi connectivity index (χ4n) is 2.27. The molecule has 0 saturated carbocycles. The quantitative estimate of drug-likeness (QED) is 0.562. The van der Waals surface area contributed by atoms with Gasteiger partial charge in [0.15, 0.2) is 0 Å². The Bertz CT molecular complexity index is 231. The zero-order chi connectivity index (χ0) is 14.7. The molecule has 3 unspecified atom stereocenters. The van der Waals surface area contributed by atoms with Crippen LogP contribution >= 0.6 is 0 Å². The van der Waals surface area contributed by atoms with Gasteiger partial charge in [-0.15, -0.1) is 0 Å². The first-order valence-corrected chi connectivity index (χ1v) is 7.97. The Morgan fingerprint density at radius 1 is 1.11 bits per heavy atom. The van der Waals surface area contributed by atoms with E-state index in [1.165, 1.54) is 25.7 Å². The van der Waals surface area contributed by atoms with E-state index in [-0.39, 0.29) is 5.92 Å². The van der Waals surface area contributed by atoms with E-state index in [0.29, 0.717) is 6.04 Å². The van der Waals surface area contributed by atoms with Gasteiger partial charge in [0.05, 0.1) is 5.92 Å². The lowest BCUT2D eigenvalue weighted by atomic mass is 9.98. The highest BCUT2D eigenvalue weighted by Crippen LogP contribution is 2.13. The van der Waals surface area contributed by atoms with Crippen LogP contribution in [0, 0.1) is 11.8 Å². The Morgan fingerprint density at radius 3 is 2.32 bits per heavy atom. The highest BCUT2D eigenvalue weighted by Gasteiger charge is 2.12. The first kappa shape index (κ1) is 18.4. The van der Waals surface area contributed by atoms with Crippen molar-refractivity contribution >= 4 is 5.97 Å². The molecule has 0 radical (unpaired) electrons. The molecule has 0 fully saturated rings. The van der Waals surface area contributed by atoms with Crippen molar-refractivity contribution in [1.82, 2.24) is 5.32 Å². The largest absolute Gasteiger partial charge is 0.481 e. The summed E-state index contributed by atoms with van der Waals surface area (Å²) in [5, 5.41) is 12.4. The van der Waals surface area contributed by atoms with Crippen molar-refractivity contribution in [3.63, 3.8) is 0 Å². The molecule has 0 bridgehead atoms. The van der Waals surface area contributed by atoms with Crippen LogP contribution in [0.1, 0.15) is 72.6 Å². The fourth-order valence-corrected chi connectivity index (χ4v) is 2.27. The van der Waals surface area contributed by atoms with Gasteiger partial charge in [0.2, 0.25) is 0 Å². The molecule has 0 rings (SSSR count). The molecule has 2 N–H and O–H groups in total. The van der Waals surface area contributed by atoms with E-state index in [2.05, 4.69) is 26.1 Å². The van der Waals surface area contributed by atoms with E-state index in [4.69, 9.17) is 5.11 Å². The highest BCUT2D eigenvalue weighted by atomic mass is 16.4. The maximum absolute atomic E-state index is 10.7. The van der Waals surface area contributed by atoms with Crippen molar-refractivity contribution in [2.45, 2.75) is 78.7 Å². The summed E-state index contributed by atoms with van der Waals surface area (Å²) in [6.45, 7) is 9.61. The van der Waals surface area contributed by atoms with E-state index in [9.17, 15) is 4.79 Å². The molecule has 3 atom stereocenters. The molecule has 0 amide bonds. The van der Waals surface area contributed by atoms with Crippen LogP contribution in [0.2, 0.25) is 0 Å². The summed E-state index contributed by atoms with van der Waals surface area (Å²) < 4.78 is 0. The van der Waals surface area contributed by atoms with Crippen molar-refractivity contribution in [3.05, 3.63) is 0 Å². The zero-order valence-corrected chi connectivity index (χ0v) is 13.2. The van der Waals surface area contributed by atoms with E-state index >= 15 is 0 Å². The van der Waals surface area contributed by atoms with Crippen LogP contribution in [0.5, 0.6) is 0 Å². The first-order chi connectivity index (χ1) is 9.01. The van der Waals surface area contributed by atoms with Gasteiger partial charge in [-0.05, 0) is 38.6 Å². The lowest BCUT2D eigenvalue weighted by molar-refractivity contribution is -0.141. The lowest BCUT2D eigenvalue weighted by Crippen LogP contribution is -2.31. The summed E-state index contributed by atoms with van der Waals surface area (Å²) in [4.78, 5) is 10.7. The average Bonchev–Trinajstić information content (AvgIpc) is 2.38. The van der Waals surface area contributed by atoms with Crippen LogP contribution in [-0.4, -0.2) is 23.7 Å². The monoisotopic (exact) mass is 271 g/mol. The van der Waals surface area contributed by atoms with Gasteiger partial charge >= 0.3 is 5.97 Å². The molecule has 0 aromatic carbocycles. The van der Waals surface area contributed by atoms with Gasteiger partial charge in [0, 0.05) is 6.04 Å². The minimum Gasteiger partial charge on any atom is -0.481 e. The smallest absolute Gasteiger partial charge is 0.306 e. The fraction of sp³-hybridized carbons (Fsp3) is 0.938. The molecule has 0 aromatic heterocycles. The van der Waals surface area contributed by atoms with Gasteiger partial charge in [-0.2, -0.15) is 0 Å². The Balaban J connectivity index is 3.67. The van der Waals surface area contributed by atoms with Crippen LogP contribution < -0.4 is 5.32 Å². The van der Waals surface area contributed by atoms with Gasteiger partial charge < -0.3 is 10.4 Å². The predicted molar refractivity (Wildman–Crippen MR) is 81.4 cm³/mol. The number of carboxylic acids is 1.